The van der Waals surface area contributed by atoms with Gasteiger partial charge in [-0.2, -0.15) is 0 Å². The van der Waals surface area contributed by atoms with E-state index < -0.39 is 5.60 Å². The molecule has 1 fully saturated rings. The molecule has 1 aromatic heterocycles. The Hall–Kier alpha value is -2.60. The Morgan fingerprint density at radius 2 is 1.81 bits per heavy atom. The summed E-state index contributed by atoms with van der Waals surface area (Å²) < 4.78 is 12.3. The number of nitrogens with zero attached hydrogens (tertiary/aromatic N) is 2. The Bertz CT molecular complexity index is 874. The zero-order chi connectivity index (χ0) is 19.6. The summed E-state index contributed by atoms with van der Waals surface area (Å²) in [5.41, 5.74) is 2.44. The Balaban J connectivity index is 1.74. The Kier molecular flexibility index (Phi) is 5.37. The molecule has 27 heavy (non-hydrogen) atoms. The SMILES string of the molecule is COC[C@]1(C)CCN([C@@H](C)c2ccc(-c3ccc(=O)n(C)c3)cc2)C(=O)O1. The monoisotopic (exact) mass is 370 g/mol. The molecular formula is C21H26N2O4. The lowest BCUT2D eigenvalue weighted by Gasteiger charge is -2.41. The van der Waals surface area contributed by atoms with Crippen LogP contribution < -0.4 is 5.56 Å². The van der Waals surface area contributed by atoms with Crippen molar-refractivity contribution in [2.75, 3.05) is 20.3 Å². The summed E-state index contributed by atoms with van der Waals surface area (Å²) >= 11 is 0. The van der Waals surface area contributed by atoms with Gasteiger partial charge in [-0.05, 0) is 36.6 Å². The maximum atomic E-state index is 12.5. The number of methoxy groups -OCH3 is 1. The number of hydrogen-bond acceptors (Lipinski definition) is 4. The molecular weight excluding hydrogens is 344 g/mol. The second kappa shape index (κ2) is 7.56. The fraction of sp³-hybridized carbons (Fsp3) is 0.429. The molecule has 2 atom stereocenters. The molecule has 0 N–H and O–H groups in total. The van der Waals surface area contributed by atoms with Gasteiger partial charge in [0.1, 0.15) is 5.60 Å². The normalized spacial score (nSPS) is 21.0. The van der Waals surface area contributed by atoms with E-state index >= 15 is 0 Å². The van der Waals surface area contributed by atoms with Gasteiger partial charge in [0, 0.05) is 39.4 Å². The quantitative estimate of drug-likeness (QED) is 0.810. The van der Waals surface area contributed by atoms with Crippen molar-refractivity contribution in [2.45, 2.75) is 31.9 Å². The molecule has 144 valence electrons. The van der Waals surface area contributed by atoms with Crippen LogP contribution in [0.2, 0.25) is 0 Å². The maximum absolute atomic E-state index is 12.5. The second-order valence-corrected chi connectivity index (χ2v) is 7.36. The van der Waals surface area contributed by atoms with E-state index in [1.807, 2.05) is 50.4 Å². The van der Waals surface area contributed by atoms with Crippen molar-refractivity contribution in [3.8, 4) is 11.1 Å². The molecule has 1 amide bonds. The van der Waals surface area contributed by atoms with Crippen LogP contribution in [0.4, 0.5) is 4.79 Å². The molecule has 0 aliphatic carbocycles. The van der Waals surface area contributed by atoms with Crippen molar-refractivity contribution in [2.24, 2.45) is 7.05 Å². The Labute approximate surface area is 159 Å². The first-order valence-electron chi connectivity index (χ1n) is 9.08. The van der Waals surface area contributed by atoms with E-state index in [1.165, 1.54) is 0 Å². The first-order valence-corrected chi connectivity index (χ1v) is 9.08. The van der Waals surface area contributed by atoms with Gasteiger partial charge in [-0.3, -0.25) is 4.79 Å². The zero-order valence-corrected chi connectivity index (χ0v) is 16.3. The van der Waals surface area contributed by atoms with Crippen LogP contribution in [-0.2, 0) is 16.5 Å². The van der Waals surface area contributed by atoms with Gasteiger partial charge in [-0.25, -0.2) is 4.79 Å². The average molecular weight is 370 g/mol. The molecule has 0 saturated carbocycles. The van der Waals surface area contributed by atoms with Gasteiger partial charge in [-0.15, -0.1) is 0 Å². The highest BCUT2D eigenvalue weighted by Crippen LogP contribution is 2.31. The van der Waals surface area contributed by atoms with Crippen molar-refractivity contribution < 1.29 is 14.3 Å². The maximum Gasteiger partial charge on any atom is 0.410 e. The van der Waals surface area contributed by atoms with Gasteiger partial charge in [0.2, 0.25) is 5.56 Å². The van der Waals surface area contributed by atoms with Crippen LogP contribution in [0.5, 0.6) is 0 Å². The van der Waals surface area contributed by atoms with E-state index in [2.05, 4.69) is 0 Å². The Morgan fingerprint density at radius 3 is 2.41 bits per heavy atom. The number of pyridine rings is 1. The van der Waals surface area contributed by atoms with E-state index in [-0.39, 0.29) is 17.7 Å². The van der Waals surface area contributed by atoms with Crippen molar-refractivity contribution >= 4 is 6.09 Å². The number of carbonyl (C=O) groups is 1. The first-order chi connectivity index (χ1) is 12.8. The lowest BCUT2D eigenvalue weighted by molar-refractivity contribution is -0.0804. The summed E-state index contributed by atoms with van der Waals surface area (Å²) in [6.45, 7) is 4.93. The van der Waals surface area contributed by atoms with Crippen molar-refractivity contribution in [3.63, 3.8) is 0 Å². The number of rotatable bonds is 5. The molecule has 2 heterocycles. The minimum Gasteiger partial charge on any atom is -0.441 e. The molecule has 6 nitrogen and oxygen atoms in total. The van der Waals surface area contributed by atoms with E-state index in [1.54, 1.807) is 29.7 Å². The van der Waals surface area contributed by atoms with Crippen molar-refractivity contribution in [1.82, 2.24) is 9.47 Å². The first kappa shape index (κ1) is 19.2. The largest absolute Gasteiger partial charge is 0.441 e. The topological polar surface area (TPSA) is 60.8 Å². The zero-order valence-electron chi connectivity index (χ0n) is 16.3. The summed E-state index contributed by atoms with van der Waals surface area (Å²) in [6.07, 6.45) is 2.24. The molecule has 1 aromatic carbocycles. The smallest absolute Gasteiger partial charge is 0.410 e. The fourth-order valence-corrected chi connectivity index (χ4v) is 3.43. The average Bonchev–Trinajstić information content (AvgIpc) is 2.64. The lowest BCUT2D eigenvalue weighted by Crippen LogP contribution is -2.50. The van der Waals surface area contributed by atoms with Crippen molar-refractivity contribution in [1.29, 1.82) is 0 Å². The molecule has 6 heteroatoms. The van der Waals surface area contributed by atoms with E-state index in [0.29, 0.717) is 13.2 Å². The Morgan fingerprint density at radius 1 is 1.15 bits per heavy atom. The highest BCUT2D eigenvalue weighted by Gasteiger charge is 2.38. The third-order valence-electron chi connectivity index (χ3n) is 5.18. The molecule has 1 saturated heterocycles. The summed E-state index contributed by atoms with van der Waals surface area (Å²) in [4.78, 5) is 25.8. The van der Waals surface area contributed by atoms with Gasteiger partial charge in [0.05, 0.1) is 12.6 Å². The van der Waals surface area contributed by atoms with Crippen LogP contribution >= 0.6 is 0 Å². The summed E-state index contributed by atoms with van der Waals surface area (Å²) in [5, 5.41) is 0. The number of hydrogen-bond donors (Lipinski definition) is 0. The number of aryl methyl sites for hydroxylation is 1. The molecule has 1 aliphatic heterocycles. The highest BCUT2D eigenvalue weighted by atomic mass is 16.6. The van der Waals surface area contributed by atoms with Crippen LogP contribution in [0.25, 0.3) is 11.1 Å². The molecule has 0 bridgehead atoms. The predicted molar refractivity (Wildman–Crippen MR) is 104 cm³/mol. The molecule has 2 aromatic rings. The van der Waals surface area contributed by atoms with Gasteiger partial charge < -0.3 is 18.9 Å². The van der Waals surface area contributed by atoms with Crippen LogP contribution in [-0.4, -0.2) is 41.4 Å². The standard InChI is InChI=1S/C21H26N2O4/c1-15(23-12-11-21(2,14-26-4)27-20(23)25)16-5-7-17(8-6-16)18-9-10-19(24)22(3)13-18/h5-10,13,15H,11-12,14H2,1-4H3/t15-,21-/m0/s1. The molecule has 0 radical (unpaired) electrons. The number of cyclic esters (lactones) is 1. The van der Waals surface area contributed by atoms with Crippen molar-refractivity contribution in [3.05, 3.63) is 58.5 Å². The predicted octanol–water partition coefficient (Wildman–Crippen LogP) is 3.36. The van der Waals surface area contributed by atoms with Crippen LogP contribution in [0.3, 0.4) is 0 Å². The van der Waals surface area contributed by atoms with E-state index in [9.17, 15) is 9.59 Å². The second-order valence-electron chi connectivity index (χ2n) is 7.36. The highest BCUT2D eigenvalue weighted by molar-refractivity contribution is 5.70. The summed E-state index contributed by atoms with van der Waals surface area (Å²) in [7, 11) is 3.35. The van der Waals surface area contributed by atoms with E-state index in [0.717, 1.165) is 23.1 Å². The third kappa shape index (κ3) is 4.06. The molecule has 1 aliphatic rings. The molecule has 0 unspecified atom stereocenters. The number of amides is 1. The third-order valence-corrected chi connectivity index (χ3v) is 5.18. The van der Waals surface area contributed by atoms with Crippen LogP contribution in [0.15, 0.2) is 47.4 Å². The lowest BCUT2D eigenvalue weighted by atomic mass is 9.98. The van der Waals surface area contributed by atoms with Crippen LogP contribution in [0, 0.1) is 0 Å². The number of aromatic nitrogens is 1. The van der Waals surface area contributed by atoms with E-state index in [4.69, 9.17) is 9.47 Å². The fourth-order valence-electron chi connectivity index (χ4n) is 3.43. The van der Waals surface area contributed by atoms with Gasteiger partial charge in [0.25, 0.3) is 0 Å². The molecule has 3 rings (SSSR count). The molecule has 0 spiro atoms. The summed E-state index contributed by atoms with van der Waals surface area (Å²) in [5.74, 6) is 0. The van der Waals surface area contributed by atoms with Gasteiger partial charge in [-0.1, -0.05) is 24.3 Å². The van der Waals surface area contributed by atoms with Gasteiger partial charge >= 0.3 is 6.09 Å². The summed E-state index contributed by atoms with van der Waals surface area (Å²) in [6, 6.07) is 11.3. The number of carbonyl (C=O) groups excluding carboxylic acids is 1. The number of ether oxygens (including phenoxy) is 2. The minimum absolute atomic E-state index is 0.0342. The number of benzene rings is 1. The minimum atomic E-state index is -0.560. The van der Waals surface area contributed by atoms with Crippen LogP contribution in [0.1, 0.15) is 31.9 Å². The van der Waals surface area contributed by atoms with Gasteiger partial charge in [0.15, 0.2) is 0 Å².